The van der Waals surface area contributed by atoms with Crippen LogP contribution in [0.15, 0.2) is 42.5 Å². The number of ketones is 1. The Morgan fingerprint density at radius 3 is 2.85 bits per heavy atom. The summed E-state index contributed by atoms with van der Waals surface area (Å²) in [5.41, 5.74) is 3.78. The highest BCUT2D eigenvalue weighted by Gasteiger charge is 2.14. The Morgan fingerprint density at radius 1 is 1.15 bits per heavy atom. The van der Waals surface area contributed by atoms with Crippen LogP contribution in [0.4, 0.5) is 5.69 Å². The van der Waals surface area contributed by atoms with Crippen LogP contribution in [0.2, 0.25) is 0 Å². The summed E-state index contributed by atoms with van der Waals surface area (Å²) in [6.45, 7) is 1.01. The number of carbonyl (C=O) groups excluding carboxylic acids is 1. The quantitative estimate of drug-likeness (QED) is 0.867. The molecular weight excluding hydrogens is 250 g/mol. The average molecular weight is 267 g/mol. The standard InChI is InChI=1S/C17H17NO2/c1-20-15-6-2-4-13(11-15)17(19)14-7-8-16-12(10-14)5-3-9-18-16/h2,4,6-8,10-11,18H,3,5,9H2,1H3. The van der Waals surface area contributed by atoms with Crippen molar-refractivity contribution in [1.82, 2.24) is 0 Å². The van der Waals surface area contributed by atoms with Crippen molar-refractivity contribution < 1.29 is 9.53 Å². The van der Waals surface area contributed by atoms with Gasteiger partial charge in [-0.15, -0.1) is 0 Å². The first-order valence-corrected chi connectivity index (χ1v) is 6.83. The largest absolute Gasteiger partial charge is 0.497 e. The summed E-state index contributed by atoms with van der Waals surface area (Å²) < 4.78 is 5.17. The van der Waals surface area contributed by atoms with Gasteiger partial charge in [0, 0.05) is 23.4 Å². The van der Waals surface area contributed by atoms with E-state index in [2.05, 4.69) is 5.32 Å². The number of benzene rings is 2. The molecule has 0 aromatic heterocycles. The molecule has 20 heavy (non-hydrogen) atoms. The van der Waals surface area contributed by atoms with E-state index in [9.17, 15) is 4.79 Å². The maximum atomic E-state index is 12.5. The van der Waals surface area contributed by atoms with E-state index in [0.717, 1.165) is 30.6 Å². The van der Waals surface area contributed by atoms with Gasteiger partial charge in [0.2, 0.25) is 0 Å². The lowest BCUT2D eigenvalue weighted by Crippen LogP contribution is -2.12. The maximum absolute atomic E-state index is 12.5. The molecule has 0 amide bonds. The number of hydrogen-bond acceptors (Lipinski definition) is 3. The summed E-state index contributed by atoms with van der Waals surface area (Å²) in [7, 11) is 1.61. The van der Waals surface area contributed by atoms with Crippen LogP contribution < -0.4 is 10.1 Å². The number of hydrogen-bond donors (Lipinski definition) is 1. The first-order chi connectivity index (χ1) is 9.78. The molecule has 0 unspecified atom stereocenters. The van der Waals surface area contributed by atoms with Crippen LogP contribution in [0.25, 0.3) is 0 Å². The van der Waals surface area contributed by atoms with Crippen LogP contribution in [0.3, 0.4) is 0 Å². The molecule has 3 heteroatoms. The lowest BCUT2D eigenvalue weighted by Gasteiger charge is -2.18. The summed E-state index contributed by atoms with van der Waals surface area (Å²) in [4.78, 5) is 12.5. The second-order valence-electron chi connectivity index (χ2n) is 4.96. The highest BCUT2D eigenvalue weighted by atomic mass is 16.5. The summed E-state index contributed by atoms with van der Waals surface area (Å²) >= 11 is 0. The van der Waals surface area contributed by atoms with Crippen molar-refractivity contribution >= 4 is 11.5 Å². The van der Waals surface area contributed by atoms with Gasteiger partial charge in [0.1, 0.15) is 5.75 Å². The third-order valence-electron chi connectivity index (χ3n) is 3.64. The Labute approximate surface area is 118 Å². The van der Waals surface area contributed by atoms with Crippen molar-refractivity contribution in [3.8, 4) is 5.75 Å². The molecule has 0 atom stereocenters. The molecule has 0 radical (unpaired) electrons. The lowest BCUT2D eigenvalue weighted by atomic mass is 9.96. The fourth-order valence-corrected chi connectivity index (χ4v) is 2.55. The van der Waals surface area contributed by atoms with Crippen LogP contribution in [-0.4, -0.2) is 19.4 Å². The number of carbonyl (C=O) groups is 1. The third kappa shape index (κ3) is 2.39. The second-order valence-corrected chi connectivity index (χ2v) is 4.96. The van der Waals surface area contributed by atoms with Gasteiger partial charge in [-0.1, -0.05) is 12.1 Å². The van der Waals surface area contributed by atoms with Crippen molar-refractivity contribution in [2.24, 2.45) is 0 Å². The number of anilines is 1. The summed E-state index contributed by atoms with van der Waals surface area (Å²) in [6.07, 6.45) is 2.14. The van der Waals surface area contributed by atoms with E-state index in [-0.39, 0.29) is 5.78 Å². The number of ether oxygens (including phenoxy) is 1. The monoisotopic (exact) mass is 267 g/mol. The zero-order valence-corrected chi connectivity index (χ0v) is 11.5. The molecule has 0 aliphatic carbocycles. The smallest absolute Gasteiger partial charge is 0.193 e. The minimum atomic E-state index is 0.0391. The van der Waals surface area contributed by atoms with Gasteiger partial charge >= 0.3 is 0 Å². The zero-order chi connectivity index (χ0) is 13.9. The average Bonchev–Trinajstić information content (AvgIpc) is 2.53. The summed E-state index contributed by atoms with van der Waals surface area (Å²) in [6, 6.07) is 13.2. The molecule has 2 aromatic carbocycles. The molecule has 1 aliphatic heterocycles. The van der Waals surface area contributed by atoms with E-state index >= 15 is 0 Å². The Morgan fingerprint density at radius 2 is 2.00 bits per heavy atom. The molecule has 1 aliphatic rings. The van der Waals surface area contributed by atoms with Gasteiger partial charge in [0.15, 0.2) is 5.78 Å². The molecule has 3 rings (SSSR count). The number of aryl methyl sites for hydroxylation is 1. The second kappa shape index (κ2) is 5.37. The van der Waals surface area contributed by atoms with Crippen molar-refractivity contribution in [1.29, 1.82) is 0 Å². The molecule has 1 heterocycles. The van der Waals surface area contributed by atoms with Crippen molar-refractivity contribution in [2.75, 3.05) is 19.0 Å². The van der Waals surface area contributed by atoms with Gasteiger partial charge in [-0.2, -0.15) is 0 Å². The molecule has 0 saturated carbocycles. The van der Waals surface area contributed by atoms with Gasteiger partial charge < -0.3 is 10.1 Å². The molecule has 102 valence electrons. The molecule has 0 spiro atoms. The topological polar surface area (TPSA) is 38.3 Å². The lowest BCUT2D eigenvalue weighted by molar-refractivity contribution is 0.103. The molecule has 0 saturated heterocycles. The van der Waals surface area contributed by atoms with E-state index in [0.29, 0.717) is 11.3 Å². The molecule has 1 N–H and O–H groups in total. The van der Waals surface area contributed by atoms with Crippen molar-refractivity contribution in [3.63, 3.8) is 0 Å². The Kier molecular flexibility index (Phi) is 3.42. The minimum absolute atomic E-state index is 0.0391. The molecule has 2 aromatic rings. The fraction of sp³-hybridized carbons (Fsp3) is 0.235. The number of rotatable bonds is 3. The number of fused-ring (bicyclic) bond motifs is 1. The predicted octanol–water partition coefficient (Wildman–Crippen LogP) is 3.28. The van der Waals surface area contributed by atoms with Crippen LogP contribution in [0, 0.1) is 0 Å². The van der Waals surface area contributed by atoms with Crippen LogP contribution in [-0.2, 0) is 6.42 Å². The summed E-state index contributed by atoms with van der Waals surface area (Å²) in [5, 5.41) is 3.36. The van der Waals surface area contributed by atoms with E-state index in [1.807, 2.05) is 36.4 Å². The maximum Gasteiger partial charge on any atom is 0.193 e. The van der Waals surface area contributed by atoms with Crippen molar-refractivity contribution in [2.45, 2.75) is 12.8 Å². The third-order valence-corrected chi connectivity index (χ3v) is 3.64. The number of nitrogens with one attached hydrogen (secondary N) is 1. The van der Waals surface area contributed by atoms with Crippen LogP contribution in [0.1, 0.15) is 27.9 Å². The predicted molar refractivity (Wildman–Crippen MR) is 79.7 cm³/mol. The zero-order valence-electron chi connectivity index (χ0n) is 11.5. The SMILES string of the molecule is COc1cccc(C(=O)c2ccc3c(c2)CCCN3)c1. The molecule has 3 nitrogen and oxygen atoms in total. The minimum Gasteiger partial charge on any atom is -0.497 e. The first kappa shape index (κ1) is 12.7. The molecule has 0 fully saturated rings. The van der Waals surface area contributed by atoms with Crippen molar-refractivity contribution in [3.05, 3.63) is 59.2 Å². The highest BCUT2D eigenvalue weighted by Crippen LogP contribution is 2.24. The fourth-order valence-electron chi connectivity index (χ4n) is 2.55. The Hall–Kier alpha value is -2.29. The van der Waals surface area contributed by atoms with Gasteiger partial charge in [-0.25, -0.2) is 0 Å². The van der Waals surface area contributed by atoms with E-state index in [4.69, 9.17) is 4.74 Å². The van der Waals surface area contributed by atoms with Crippen LogP contribution >= 0.6 is 0 Å². The van der Waals surface area contributed by atoms with Crippen LogP contribution in [0.5, 0.6) is 5.75 Å². The molecule has 0 bridgehead atoms. The van der Waals surface area contributed by atoms with Gasteiger partial charge in [0.05, 0.1) is 7.11 Å². The van der Waals surface area contributed by atoms with E-state index in [1.54, 1.807) is 13.2 Å². The molecular formula is C17H17NO2. The van der Waals surface area contributed by atoms with Gasteiger partial charge in [-0.05, 0) is 48.7 Å². The van der Waals surface area contributed by atoms with E-state index in [1.165, 1.54) is 5.56 Å². The summed E-state index contributed by atoms with van der Waals surface area (Å²) in [5.74, 6) is 0.743. The Bertz CT molecular complexity index is 649. The first-order valence-electron chi connectivity index (χ1n) is 6.83. The highest BCUT2D eigenvalue weighted by molar-refractivity contribution is 6.09. The van der Waals surface area contributed by atoms with E-state index < -0.39 is 0 Å². The van der Waals surface area contributed by atoms with Gasteiger partial charge in [-0.3, -0.25) is 4.79 Å². The Balaban J connectivity index is 1.93. The normalized spacial score (nSPS) is 13.2. The van der Waals surface area contributed by atoms with Gasteiger partial charge in [0.25, 0.3) is 0 Å². The number of methoxy groups -OCH3 is 1.